The summed E-state index contributed by atoms with van der Waals surface area (Å²) in [6, 6.07) is 11.7. The summed E-state index contributed by atoms with van der Waals surface area (Å²) in [5, 5.41) is 14.6. The van der Waals surface area contributed by atoms with Gasteiger partial charge in [-0.05, 0) is 12.0 Å². The standard InChI is InChI=1S/C15H19N3O/c1-2-3-9-18-15(19)14(10-16)12-17-11-13-7-5-4-6-8-13/h4-8,12,17H,2-3,9,11H2,1H3,(H,18,19)/b14-12-. The molecule has 1 rings (SSSR count). The molecule has 0 fully saturated rings. The van der Waals surface area contributed by atoms with Crippen LogP contribution in [0.25, 0.3) is 0 Å². The molecule has 0 heterocycles. The quantitative estimate of drug-likeness (QED) is 0.446. The van der Waals surface area contributed by atoms with Gasteiger partial charge in [0.25, 0.3) is 5.91 Å². The minimum Gasteiger partial charge on any atom is -0.386 e. The van der Waals surface area contributed by atoms with Crippen molar-refractivity contribution in [2.45, 2.75) is 26.3 Å². The van der Waals surface area contributed by atoms with Crippen LogP contribution >= 0.6 is 0 Å². The summed E-state index contributed by atoms with van der Waals surface area (Å²) in [6.45, 7) is 3.25. The summed E-state index contributed by atoms with van der Waals surface area (Å²) in [4.78, 5) is 11.6. The van der Waals surface area contributed by atoms with Gasteiger partial charge < -0.3 is 10.6 Å². The van der Waals surface area contributed by atoms with Crippen LogP contribution in [0.5, 0.6) is 0 Å². The number of nitrogens with zero attached hydrogens (tertiary/aromatic N) is 1. The van der Waals surface area contributed by atoms with E-state index in [9.17, 15) is 4.79 Å². The van der Waals surface area contributed by atoms with Crippen LogP contribution in [0.15, 0.2) is 42.1 Å². The average molecular weight is 257 g/mol. The molecule has 1 amide bonds. The molecule has 0 aliphatic carbocycles. The van der Waals surface area contributed by atoms with Crippen molar-refractivity contribution in [3.63, 3.8) is 0 Å². The first kappa shape index (κ1) is 14.8. The summed E-state index contributed by atoms with van der Waals surface area (Å²) in [6.07, 6.45) is 3.40. The van der Waals surface area contributed by atoms with Crippen molar-refractivity contribution in [2.75, 3.05) is 6.54 Å². The number of nitrogens with one attached hydrogen (secondary N) is 2. The molecule has 100 valence electrons. The first-order chi connectivity index (χ1) is 9.27. The smallest absolute Gasteiger partial charge is 0.263 e. The van der Waals surface area contributed by atoms with E-state index in [4.69, 9.17) is 5.26 Å². The van der Waals surface area contributed by atoms with Gasteiger partial charge in [0.2, 0.25) is 0 Å². The number of carbonyl (C=O) groups excluding carboxylic acids is 1. The Balaban J connectivity index is 2.44. The predicted molar refractivity (Wildman–Crippen MR) is 74.9 cm³/mol. The molecule has 0 aliphatic rings. The van der Waals surface area contributed by atoms with Crippen LogP contribution in [-0.2, 0) is 11.3 Å². The summed E-state index contributed by atoms with van der Waals surface area (Å²) in [7, 11) is 0. The number of unbranched alkanes of at least 4 members (excludes halogenated alkanes) is 1. The van der Waals surface area contributed by atoms with Crippen molar-refractivity contribution in [2.24, 2.45) is 0 Å². The molecule has 4 heteroatoms. The van der Waals surface area contributed by atoms with Gasteiger partial charge in [-0.15, -0.1) is 0 Å². The van der Waals surface area contributed by atoms with Gasteiger partial charge in [-0.25, -0.2) is 0 Å². The Bertz CT molecular complexity index is 460. The van der Waals surface area contributed by atoms with Crippen LogP contribution in [0.3, 0.4) is 0 Å². The zero-order chi connectivity index (χ0) is 13.9. The molecule has 0 unspecified atom stereocenters. The number of benzene rings is 1. The Kier molecular flexibility index (Phi) is 6.81. The van der Waals surface area contributed by atoms with Crippen molar-refractivity contribution < 1.29 is 4.79 Å². The Hall–Kier alpha value is -2.28. The highest BCUT2D eigenvalue weighted by atomic mass is 16.1. The lowest BCUT2D eigenvalue weighted by Gasteiger charge is -2.04. The van der Waals surface area contributed by atoms with Crippen molar-refractivity contribution >= 4 is 5.91 Å². The number of rotatable bonds is 7. The molecule has 0 atom stereocenters. The molecule has 0 aromatic heterocycles. The normalized spacial score (nSPS) is 10.6. The third-order valence-electron chi connectivity index (χ3n) is 2.58. The molecule has 0 bridgehead atoms. The minimum absolute atomic E-state index is 0.104. The molecule has 19 heavy (non-hydrogen) atoms. The summed E-state index contributed by atoms with van der Waals surface area (Å²) < 4.78 is 0. The van der Waals surface area contributed by atoms with Crippen LogP contribution in [0, 0.1) is 11.3 Å². The Labute approximate surface area is 114 Å². The lowest BCUT2D eigenvalue weighted by molar-refractivity contribution is -0.117. The van der Waals surface area contributed by atoms with Crippen molar-refractivity contribution in [1.29, 1.82) is 5.26 Å². The predicted octanol–water partition coefficient (Wildman–Crippen LogP) is 2.10. The van der Waals surface area contributed by atoms with E-state index in [1.165, 1.54) is 6.20 Å². The Morgan fingerprint density at radius 3 is 2.74 bits per heavy atom. The van der Waals surface area contributed by atoms with Gasteiger partial charge >= 0.3 is 0 Å². The number of hydrogen-bond acceptors (Lipinski definition) is 3. The molecule has 1 aromatic carbocycles. The maximum Gasteiger partial charge on any atom is 0.263 e. The first-order valence-corrected chi connectivity index (χ1v) is 6.43. The van der Waals surface area contributed by atoms with E-state index in [0.29, 0.717) is 13.1 Å². The van der Waals surface area contributed by atoms with Gasteiger partial charge in [0.1, 0.15) is 11.6 Å². The second-order valence-corrected chi connectivity index (χ2v) is 4.15. The Morgan fingerprint density at radius 1 is 1.37 bits per heavy atom. The van der Waals surface area contributed by atoms with E-state index in [1.54, 1.807) is 0 Å². The van der Waals surface area contributed by atoms with Gasteiger partial charge in [0, 0.05) is 19.3 Å². The van der Waals surface area contributed by atoms with E-state index in [0.717, 1.165) is 18.4 Å². The summed E-state index contributed by atoms with van der Waals surface area (Å²) >= 11 is 0. The van der Waals surface area contributed by atoms with Gasteiger partial charge in [-0.2, -0.15) is 5.26 Å². The van der Waals surface area contributed by atoms with Gasteiger partial charge in [-0.1, -0.05) is 43.7 Å². The fourth-order valence-electron chi connectivity index (χ4n) is 1.49. The second kappa shape index (κ2) is 8.76. The molecule has 1 aromatic rings. The molecule has 0 aliphatic heterocycles. The fraction of sp³-hybridized carbons (Fsp3) is 0.333. The zero-order valence-corrected chi connectivity index (χ0v) is 11.1. The molecule has 0 saturated heterocycles. The van der Waals surface area contributed by atoms with Crippen molar-refractivity contribution in [1.82, 2.24) is 10.6 Å². The average Bonchev–Trinajstić information content (AvgIpc) is 2.45. The third kappa shape index (κ3) is 5.73. The highest BCUT2D eigenvalue weighted by molar-refractivity contribution is 5.97. The second-order valence-electron chi connectivity index (χ2n) is 4.15. The van der Waals surface area contributed by atoms with Gasteiger partial charge in [0.15, 0.2) is 0 Å². The summed E-state index contributed by atoms with van der Waals surface area (Å²) in [5.41, 5.74) is 1.20. The topological polar surface area (TPSA) is 64.9 Å². The molecular formula is C15H19N3O. The third-order valence-corrected chi connectivity index (χ3v) is 2.58. The molecular weight excluding hydrogens is 238 g/mol. The van der Waals surface area contributed by atoms with Gasteiger partial charge in [0.05, 0.1) is 0 Å². The maximum absolute atomic E-state index is 11.6. The van der Waals surface area contributed by atoms with E-state index in [2.05, 4.69) is 17.6 Å². The molecule has 0 saturated carbocycles. The molecule has 4 nitrogen and oxygen atoms in total. The number of carbonyl (C=O) groups is 1. The zero-order valence-electron chi connectivity index (χ0n) is 11.1. The van der Waals surface area contributed by atoms with Crippen LogP contribution in [0.2, 0.25) is 0 Å². The van der Waals surface area contributed by atoms with E-state index in [1.807, 2.05) is 36.4 Å². The fourth-order valence-corrected chi connectivity index (χ4v) is 1.49. The Morgan fingerprint density at radius 2 is 2.11 bits per heavy atom. The van der Waals surface area contributed by atoms with Crippen LogP contribution in [0.4, 0.5) is 0 Å². The van der Waals surface area contributed by atoms with Crippen LogP contribution < -0.4 is 10.6 Å². The molecule has 0 radical (unpaired) electrons. The number of hydrogen-bond donors (Lipinski definition) is 2. The van der Waals surface area contributed by atoms with E-state index < -0.39 is 0 Å². The van der Waals surface area contributed by atoms with E-state index >= 15 is 0 Å². The lowest BCUT2D eigenvalue weighted by Crippen LogP contribution is -2.26. The van der Waals surface area contributed by atoms with Crippen molar-refractivity contribution in [3.8, 4) is 6.07 Å². The minimum atomic E-state index is -0.323. The monoisotopic (exact) mass is 257 g/mol. The first-order valence-electron chi connectivity index (χ1n) is 6.43. The maximum atomic E-state index is 11.6. The highest BCUT2D eigenvalue weighted by Gasteiger charge is 2.06. The lowest BCUT2D eigenvalue weighted by atomic mass is 10.2. The number of nitriles is 1. The van der Waals surface area contributed by atoms with Crippen LogP contribution in [-0.4, -0.2) is 12.5 Å². The largest absolute Gasteiger partial charge is 0.386 e. The van der Waals surface area contributed by atoms with Crippen LogP contribution in [0.1, 0.15) is 25.3 Å². The molecule has 2 N–H and O–H groups in total. The summed E-state index contributed by atoms with van der Waals surface area (Å²) in [5.74, 6) is -0.323. The highest BCUT2D eigenvalue weighted by Crippen LogP contribution is 1.98. The van der Waals surface area contributed by atoms with E-state index in [-0.39, 0.29) is 11.5 Å². The van der Waals surface area contributed by atoms with Crippen molar-refractivity contribution in [3.05, 3.63) is 47.7 Å². The van der Waals surface area contributed by atoms with Gasteiger partial charge in [-0.3, -0.25) is 4.79 Å². The SMILES string of the molecule is CCCCNC(=O)/C(C#N)=C\NCc1ccccc1. The number of amides is 1. The molecule has 0 spiro atoms.